The average molecular weight is 397 g/mol. The fraction of sp³-hybridized carbons (Fsp3) is 0.650. The fourth-order valence-corrected chi connectivity index (χ4v) is 3.73. The molecule has 0 aromatic heterocycles. The number of cyclic esters (lactones) is 1. The van der Waals surface area contributed by atoms with Crippen LogP contribution in [-0.4, -0.2) is 68.9 Å². The minimum Gasteiger partial charge on any atom is -0.486 e. The lowest BCUT2D eigenvalue weighted by atomic mass is 9.92. The highest BCUT2D eigenvalue weighted by molar-refractivity contribution is 6.30. The molecule has 0 aliphatic carbocycles. The molecular formula is C20H29ClN2O4. The molecule has 2 saturated heterocycles. The standard InChI is InChI=1S/C12H22N2O2.C8H7ClO2/c1-13-7-4-11(5-8-13)3-2-6-14-9-10-16-12(14)15;9-6-1-2-7-8(5-6)11-4-3-10-7/h11H,2-10H2,1H3;1-2,5H,3-4H2. The predicted molar refractivity (Wildman–Crippen MR) is 105 cm³/mol. The van der Waals surface area contributed by atoms with Gasteiger partial charge in [-0.1, -0.05) is 11.6 Å². The van der Waals surface area contributed by atoms with Crippen molar-refractivity contribution in [1.82, 2.24) is 9.80 Å². The molecule has 0 saturated carbocycles. The van der Waals surface area contributed by atoms with Crippen LogP contribution in [0.15, 0.2) is 18.2 Å². The van der Waals surface area contributed by atoms with E-state index in [4.69, 9.17) is 25.8 Å². The number of hydrogen-bond acceptors (Lipinski definition) is 5. The van der Waals surface area contributed by atoms with Gasteiger partial charge in [0, 0.05) is 17.6 Å². The van der Waals surface area contributed by atoms with Crippen LogP contribution >= 0.6 is 11.6 Å². The van der Waals surface area contributed by atoms with E-state index in [0.29, 0.717) is 24.8 Å². The summed E-state index contributed by atoms with van der Waals surface area (Å²) >= 11 is 5.74. The summed E-state index contributed by atoms with van der Waals surface area (Å²) in [6, 6.07) is 5.36. The number of amides is 1. The summed E-state index contributed by atoms with van der Waals surface area (Å²) in [6.45, 7) is 5.93. The molecule has 3 aliphatic heterocycles. The van der Waals surface area contributed by atoms with E-state index in [0.717, 1.165) is 36.9 Å². The van der Waals surface area contributed by atoms with Crippen LogP contribution in [0, 0.1) is 5.92 Å². The third-order valence-electron chi connectivity index (χ3n) is 5.23. The molecule has 6 nitrogen and oxygen atoms in total. The average Bonchev–Trinajstić information content (AvgIpc) is 3.09. The number of carbonyl (C=O) groups excluding carboxylic acids is 1. The molecule has 1 aromatic rings. The van der Waals surface area contributed by atoms with E-state index in [-0.39, 0.29) is 6.09 Å². The van der Waals surface area contributed by atoms with Crippen molar-refractivity contribution < 1.29 is 19.0 Å². The van der Waals surface area contributed by atoms with Gasteiger partial charge in [-0.25, -0.2) is 4.79 Å². The number of benzene rings is 1. The quantitative estimate of drug-likeness (QED) is 0.777. The summed E-state index contributed by atoms with van der Waals surface area (Å²) in [5.74, 6) is 2.39. The number of rotatable bonds is 4. The number of hydrogen-bond donors (Lipinski definition) is 0. The first-order chi connectivity index (χ1) is 13.1. The van der Waals surface area contributed by atoms with Gasteiger partial charge in [0.15, 0.2) is 11.5 Å². The van der Waals surface area contributed by atoms with Crippen molar-refractivity contribution in [2.45, 2.75) is 25.7 Å². The summed E-state index contributed by atoms with van der Waals surface area (Å²) in [4.78, 5) is 15.4. The molecule has 27 heavy (non-hydrogen) atoms. The van der Waals surface area contributed by atoms with Crippen LogP contribution in [0.1, 0.15) is 25.7 Å². The third kappa shape index (κ3) is 6.18. The van der Waals surface area contributed by atoms with Gasteiger partial charge in [-0.15, -0.1) is 0 Å². The number of fused-ring (bicyclic) bond motifs is 1. The maximum Gasteiger partial charge on any atom is 0.409 e. The number of carbonyl (C=O) groups is 1. The second kappa shape index (κ2) is 10.0. The minimum absolute atomic E-state index is 0.122. The van der Waals surface area contributed by atoms with Crippen molar-refractivity contribution >= 4 is 17.7 Å². The first-order valence-electron chi connectivity index (χ1n) is 9.77. The van der Waals surface area contributed by atoms with E-state index in [2.05, 4.69) is 11.9 Å². The molecule has 1 amide bonds. The van der Waals surface area contributed by atoms with Crippen LogP contribution < -0.4 is 9.47 Å². The Bertz CT molecular complexity index is 620. The number of nitrogens with zero attached hydrogens (tertiary/aromatic N) is 2. The van der Waals surface area contributed by atoms with Crippen LogP contribution in [0.4, 0.5) is 4.79 Å². The molecule has 3 heterocycles. The zero-order chi connectivity index (χ0) is 19.1. The summed E-state index contributed by atoms with van der Waals surface area (Å²) in [5, 5.41) is 0.675. The van der Waals surface area contributed by atoms with Gasteiger partial charge in [0.25, 0.3) is 0 Å². The first kappa shape index (κ1) is 20.1. The minimum atomic E-state index is -0.122. The summed E-state index contributed by atoms with van der Waals surface area (Å²) in [6.07, 6.45) is 4.91. The smallest absolute Gasteiger partial charge is 0.409 e. The van der Waals surface area contributed by atoms with E-state index in [1.165, 1.54) is 32.4 Å². The van der Waals surface area contributed by atoms with E-state index >= 15 is 0 Å². The zero-order valence-electron chi connectivity index (χ0n) is 16.0. The Labute approximate surface area is 166 Å². The van der Waals surface area contributed by atoms with Crippen LogP contribution in [0.2, 0.25) is 5.02 Å². The van der Waals surface area contributed by atoms with Crippen molar-refractivity contribution in [3.63, 3.8) is 0 Å². The molecular weight excluding hydrogens is 368 g/mol. The SMILES string of the molecule is CN1CCC(CCCN2CCOC2=O)CC1.Clc1ccc2c(c1)OCCO2. The van der Waals surface area contributed by atoms with Crippen molar-refractivity contribution in [1.29, 1.82) is 0 Å². The highest BCUT2D eigenvalue weighted by Crippen LogP contribution is 2.32. The fourth-order valence-electron chi connectivity index (χ4n) is 3.57. The predicted octanol–water partition coefficient (Wildman–Crippen LogP) is 3.67. The van der Waals surface area contributed by atoms with E-state index < -0.39 is 0 Å². The normalized spacial score (nSPS) is 20.1. The van der Waals surface area contributed by atoms with Gasteiger partial charge < -0.3 is 24.0 Å². The van der Waals surface area contributed by atoms with Crippen LogP contribution in [0.3, 0.4) is 0 Å². The molecule has 7 heteroatoms. The molecule has 3 aliphatic rings. The molecule has 1 aromatic carbocycles. The summed E-state index contributed by atoms with van der Waals surface area (Å²) < 4.78 is 15.5. The van der Waals surface area contributed by atoms with Gasteiger partial charge in [-0.05, 0) is 63.9 Å². The molecule has 4 rings (SSSR count). The molecule has 2 fully saturated rings. The van der Waals surface area contributed by atoms with Crippen LogP contribution in [-0.2, 0) is 4.74 Å². The van der Waals surface area contributed by atoms with Crippen molar-refractivity contribution in [3.05, 3.63) is 23.2 Å². The molecule has 0 unspecified atom stereocenters. The lowest BCUT2D eigenvalue weighted by Gasteiger charge is -2.29. The third-order valence-corrected chi connectivity index (χ3v) is 5.46. The van der Waals surface area contributed by atoms with Crippen LogP contribution in [0.25, 0.3) is 0 Å². The molecule has 0 N–H and O–H groups in total. The second-order valence-electron chi connectivity index (χ2n) is 7.28. The highest BCUT2D eigenvalue weighted by atomic mass is 35.5. The Kier molecular flexibility index (Phi) is 7.47. The Morgan fingerprint density at radius 1 is 1.04 bits per heavy atom. The summed E-state index contributed by atoms with van der Waals surface area (Å²) in [7, 11) is 2.19. The lowest BCUT2D eigenvalue weighted by molar-refractivity contribution is 0.156. The van der Waals surface area contributed by atoms with Gasteiger partial charge in [0.05, 0.1) is 6.54 Å². The lowest BCUT2D eigenvalue weighted by Crippen LogP contribution is -2.31. The monoisotopic (exact) mass is 396 g/mol. The molecule has 0 atom stereocenters. The Hall–Kier alpha value is -1.66. The number of piperidine rings is 1. The maximum absolute atomic E-state index is 11.2. The van der Waals surface area contributed by atoms with Gasteiger partial charge in [0.1, 0.15) is 19.8 Å². The molecule has 0 spiro atoms. The Morgan fingerprint density at radius 3 is 2.48 bits per heavy atom. The Morgan fingerprint density at radius 2 is 1.78 bits per heavy atom. The van der Waals surface area contributed by atoms with E-state index in [1.807, 2.05) is 11.0 Å². The molecule has 0 radical (unpaired) electrons. The zero-order valence-corrected chi connectivity index (χ0v) is 16.7. The largest absolute Gasteiger partial charge is 0.486 e. The number of halogens is 1. The molecule has 0 bridgehead atoms. The maximum atomic E-state index is 11.2. The van der Waals surface area contributed by atoms with E-state index in [9.17, 15) is 4.79 Å². The van der Waals surface area contributed by atoms with Crippen LogP contribution in [0.5, 0.6) is 11.5 Å². The highest BCUT2D eigenvalue weighted by Gasteiger charge is 2.22. The van der Waals surface area contributed by atoms with Crippen molar-refractivity contribution in [3.8, 4) is 11.5 Å². The van der Waals surface area contributed by atoms with Gasteiger partial charge in [0.2, 0.25) is 0 Å². The number of likely N-dealkylation sites (tertiary alicyclic amines) is 1. The topological polar surface area (TPSA) is 51.2 Å². The summed E-state index contributed by atoms with van der Waals surface area (Å²) in [5.41, 5.74) is 0. The van der Waals surface area contributed by atoms with Gasteiger partial charge in [-0.3, -0.25) is 0 Å². The van der Waals surface area contributed by atoms with Crippen molar-refractivity contribution in [2.75, 3.05) is 53.0 Å². The Balaban J connectivity index is 0.000000166. The molecule has 150 valence electrons. The second-order valence-corrected chi connectivity index (χ2v) is 7.71. The number of ether oxygens (including phenoxy) is 3. The van der Waals surface area contributed by atoms with Gasteiger partial charge in [-0.2, -0.15) is 0 Å². The van der Waals surface area contributed by atoms with Crippen molar-refractivity contribution in [2.24, 2.45) is 5.92 Å². The van der Waals surface area contributed by atoms with E-state index in [1.54, 1.807) is 12.1 Å². The van der Waals surface area contributed by atoms with Gasteiger partial charge >= 0.3 is 6.09 Å². The first-order valence-corrected chi connectivity index (χ1v) is 10.1.